The van der Waals surface area contributed by atoms with E-state index >= 15 is 0 Å². The Balaban J connectivity index is 1.87. The topological polar surface area (TPSA) is 69.6 Å². The standard InChI is InChI=1S/C10H20N2O3S/c13-6-7-16(14,15)11-9-3-5-12-4-1-2-10(12)8-9/h9-11,13H,1-8H2. The van der Waals surface area contributed by atoms with Crippen molar-refractivity contribution >= 4 is 10.0 Å². The summed E-state index contributed by atoms with van der Waals surface area (Å²) < 4.78 is 25.7. The van der Waals surface area contributed by atoms with Crippen LogP contribution in [0.25, 0.3) is 0 Å². The zero-order valence-electron chi connectivity index (χ0n) is 9.43. The second kappa shape index (κ2) is 5.00. The van der Waals surface area contributed by atoms with E-state index in [1.165, 1.54) is 19.4 Å². The molecule has 0 saturated carbocycles. The van der Waals surface area contributed by atoms with E-state index < -0.39 is 10.0 Å². The molecule has 2 rings (SSSR count). The smallest absolute Gasteiger partial charge is 0.214 e. The third kappa shape index (κ3) is 2.94. The number of aliphatic hydroxyl groups excluding tert-OH is 1. The lowest BCUT2D eigenvalue weighted by Crippen LogP contribution is -2.47. The Bertz CT molecular complexity index is 331. The maximum absolute atomic E-state index is 11.5. The number of fused-ring (bicyclic) bond motifs is 1. The molecule has 0 spiro atoms. The van der Waals surface area contributed by atoms with Gasteiger partial charge in [-0.2, -0.15) is 0 Å². The van der Waals surface area contributed by atoms with Crippen molar-refractivity contribution < 1.29 is 13.5 Å². The molecule has 2 unspecified atom stereocenters. The van der Waals surface area contributed by atoms with Gasteiger partial charge in [-0.05, 0) is 38.8 Å². The maximum atomic E-state index is 11.5. The van der Waals surface area contributed by atoms with Crippen LogP contribution in [0.15, 0.2) is 0 Å². The van der Waals surface area contributed by atoms with Crippen molar-refractivity contribution in [3.8, 4) is 0 Å². The SMILES string of the molecule is O=S(=O)(CCO)NC1CCN2CCCC2C1. The Morgan fingerprint density at radius 1 is 1.31 bits per heavy atom. The van der Waals surface area contributed by atoms with Gasteiger partial charge < -0.3 is 10.0 Å². The lowest BCUT2D eigenvalue weighted by molar-refractivity contribution is 0.176. The van der Waals surface area contributed by atoms with E-state index in [0.717, 1.165) is 19.4 Å². The molecule has 0 aromatic heterocycles. The lowest BCUT2D eigenvalue weighted by atomic mass is 9.99. The van der Waals surface area contributed by atoms with Crippen LogP contribution in [0.3, 0.4) is 0 Å². The van der Waals surface area contributed by atoms with E-state index in [9.17, 15) is 8.42 Å². The predicted octanol–water partition coefficient (Wildman–Crippen LogP) is -0.475. The van der Waals surface area contributed by atoms with Gasteiger partial charge in [0.25, 0.3) is 0 Å². The first kappa shape index (κ1) is 12.3. The molecule has 0 radical (unpaired) electrons. The minimum Gasteiger partial charge on any atom is -0.395 e. The van der Waals surface area contributed by atoms with E-state index in [-0.39, 0.29) is 18.4 Å². The summed E-state index contributed by atoms with van der Waals surface area (Å²) in [5, 5.41) is 8.65. The molecule has 2 saturated heterocycles. The third-order valence-electron chi connectivity index (χ3n) is 3.53. The molecule has 0 aromatic rings. The summed E-state index contributed by atoms with van der Waals surface area (Å²) in [5.74, 6) is -0.183. The molecule has 0 aliphatic carbocycles. The Morgan fingerprint density at radius 3 is 2.88 bits per heavy atom. The fourth-order valence-corrected chi connectivity index (χ4v) is 3.84. The molecule has 2 N–H and O–H groups in total. The Hall–Kier alpha value is -0.170. The van der Waals surface area contributed by atoms with Gasteiger partial charge in [0.05, 0.1) is 12.4 Å². The average Bonchev–Trinajstić information content (AvgIpc) is 2.63. The van der Waals surface area contributed by atoms with E-state index in [4.69, 9.17) is 5.11 Å². The first-order valence-electron chi connectivity index (χ1n) is 5.95. The third-order valence-corrected chi connectivity index (χ3v) is 4.94. The number of nitrogens with zero attached hydrogens (tertiary/aromatic N) is 1. The van der Waals surface area contributed by atoms with Crippen molar-refractivity contribution in [3.05, 3.63) is 0 Å². The number of hydrogen-bond acceptors (Lipinski definition) is 4. The minimum absolute atomic E-state index is 0.0656. The number of nitrogens with one attached hydrogen (secondary N) is 1. The molecule has 2 heterocycles. The molecule has 0 aromatic carbocycles. The van der Waals surface area contributed by atoms with Crippen LogP contribution in [0.5, 0.6) is 0 Å². The molecule has 2 atom stereocenters. The summed E-state index contributed by atoms with van der Waals surface area (Å²) in [6.45, 7) is 1.86. The van der Waals surface area contributed by atoms with Crippen LogP contribution in [0.4, 0.5) is 0 Å². The molecular weight excluding hydrogens is 228 g/mol. The van der Waals surface area contributed by atoms with Gasteiger partial charge in [0, 0.05) is 12.1 Å². The summed E-state index contributed by atoms with van der Waals surface area (Å²) in [4.78, 5) is 2.46. The van der Waals surface area contributed by atoms with Crippen molar-refractivity contribution in [2.45, 2.75) is 37.8 Å². The number of aliphatic hydroxyl groups is 1. The van der Waals surface area contributed by atoms with Crippen molar-refractivity contribution in [1.82, 2.24) is 9.62 Å². The van der Waals surface area contributed by atoms with Crippen LogP contribution in [0.2, 0.25) is 0 Å². The normalized spacial score (nSPS) is 31.6. The molecule has 2 fully saturated rings. The first-order chi connectivity index (χ1) is 7.61. The van der Waals surface area contributed by atoms with Gasteiger partial charge in [-0.15, -0.1) is 0 Å². The van der Waals surface area contributed by atoms with Crippen molar-refractivity contribution in [2.24, 2.45) is 0 Å². The maximum Gasteiger partial charge on any atom is 0.214 e. The Morgan fingerprint density at radius 2 is 2.12 bits per heavy atom. The van der Waals surface area contributed by atoms with Crippen LogP contribution < -0.4 is 4.72 Å². The number of hydrogen-bond donors (Lipinski definition) is 2. The van der Waals surface area contributed by atoms with Crippen LogP contribution in [0, 0.1) is 0 Å². The molecule has 94 valence electrons. The fourth-order valence-electron chi connectivity index (χ4n) is 2.76. The van der Waals surface area contributed by atoms with Crippen molar-refractivity contribution in [3.63, 3.8) is 0 Å². The Labute approximate surface area is 96.9 Å². The summed E-state index contributed by atoms with van der Waals surface area (Å²) in [5.41, 5.74) is 0. The van der Waals surface area contributed by atoms with Crippen LogP contribution in [-0.2, 0) is 10.0 Å². The molecule has 5 nitrogen and oxygen atoms in total. The number of piperidine rings is 1. The first-order valence-corrected chi connectivity index (χ1v) is 7.61. The summed E-state index contributed by atoms with van der Waals surface area (Å²) in [7, 11) is -3.28. The lowest BCUT2D eigenvalue weighted by Gasteiger charge is -2.34. The fraction of sp³-hybridized carbons (Fsp3) is 1.00. The van der Waals surface area contributed by atoms with Gasteiger partial charge in [-0.25, -0.2) is 13.1 Å². The minimum atomic E-state index is -3.28. The van der Waals surface area contributed by atoms with E-state index in [0.29, 0.717) is 6.04 Å². The van der Waals surface area contributed by atoms with E-state index in [1.54, 1.807) is 0 Å². The highest BCUT2D eigenvalue weighted by atomic mass is 32.2. The highest BCUT2D eigenvalue weighted by Crippen LogP contribution is 2.27. The van der Waals surface area contributed by atoms with Gasteiger partial charge in [0.1, 0.15) is 0 Å². The predicted molar refractivity (Wildman–Crippen MR) is 61.6 cm³/mol. The Kier molecular flexibility index (Phi) is 3.84. The van der Waals surface area contributed by atoms with Gasteiger partial charge in [-0.1, -0.05) is 0 Å². The largest absolute Gasteiger partial charge is 0.395 e. The van der Waals surface area contributed by atoms with Crippen molar-refractivity contribution in [2.75, 3.05) is 25.4 Å². The highest BCUT2D eigenvalue weighted by molar-refractivity contribution is 7.89. The monoisotopic (exact) mass is 248 g/mol. The summed E-state index contributed by atoms with van der Waals surface area (Å²) in [6, 6.07) is 0.631. The molecule has 6 heteroatoms. The molecule has 0 amide bonds. The highest BCUT2D eigenvalue weighted by Gasteiger charge is 2.32. The van der Waals surface area contributed by atoms with Gasteiger partial charge in [0.2, 0.25) is 10.0 Å². The van der Waals surface area contributed by atoms with Crippen LogP contribution >= 0.6 is 0 Å². The van der Waals surface area contributed by atoms with E-state index in [1.807, 2.05) is 0 Å². The zero-order chi connectivity index (χ0) is 11.6. The second-order valence-electron chi connectivity index (χ2n) is 4.71. The van der Waals surface area contributed by atoms with Crippen LogP contribution in [-0.4, -0.2) is 56.0 Å². The average molecular weight is 248 g/mol. The quantitative estimate of drug-likeness (QED) is 0.705. The second-order valence-corrected chi connectivity index (χ2v) is 6.59. The number of rotatable bonds is 4. The molecule has 2 aliphatic rings. The molecule has 2 aliphatic heterocycles. The molecule has 0 bridgehead atoms. The van der Waals surface area contributed by atoms with Crippen LogP contribution in [0.1, 0.15) is 25.7 Å². The molecular formula is C10H20N2O3S. The van der Waals surface area contributed by atoms with Gasteiger partial charge >= 0.3 is 0 Å². The number of sulfonamides is 1. The van der Waals surface area contributed by atoms with E-state index in [2.05, 4.69) is 9.62 Å². The summed E-state index contributed by atoms with van der Waals surface area (Å²) in [6.07, 6.45) is 4.24. The van der Waals surface area contributed by atoms with Crippen molar-refractivity contribution in [1.29, 1.82) is 0 Å². The molecule has 16 heavy (non-hydrogen) atoms. The zero-order valence-corrected chi connectivity index (χ0v) is 10.2. The van der Waals surface area contributed by atoms with Gasteiger partial charge in [0.15, 0.2) is 0 Å². The summed E-state index contributed by atoms with van der Waals surface area (Å²) >= 11 is 0. The van der Waals surface area contributed by atoms with Gasteiger partial charge in [-0.3, -0.25) is 0 Å².